The molecule has 0 aliphatic heterocycles. The van der Waals surface area contributed by atoms with Crippen LogP contribution in [0.15, 0.2) is 34.9 Å². The molecular formula is C22H26N2O5. The number of furan rings is 1. The van der Waals surface area contributed by atoms with Crippen molar-refractivity contribution in [1.29, 1.82) is 0 Å². The van der Waals surface area contributed by atoms with Crippen LogP contribution in [-0.2, 0) is 22.6 Å². The molecule has 0 saturated heterocycles. The van der Waals surface area contributed by atoms with E-state index < -0.39 is 5.97 Å². The quantitative estimate of drug-likeness (QED) is 0.659. The Morgan fingerprint density at radius 3 is 2.66 bits per heavy atom. The van der Waals surface area contributed by atoms with Crippen molar-refractivity contribution in [3.63, 3.8) is 0 Å². The van der Waals surface area contributed by atoms with Crippen molar-refractivity contribution >= 4 is 23.5 Å². The molecule has 2 amide bonds. The molecule has 2 aromatic rings. The third kappa shape index (κ3) is 5.47. The summed E-state index contributed by atoms with van der Waals surface area (Å²) in [5.74, 6) is -1.18. The highest BCUT2D eigenvalue weighted by atomic mass is 16.4. The molecule has 1 aliphatic carbocycles. The minimum Gasteiger partial charge on any atom is -0.481 e. The van der Waals surface area contributed by atoms with E-state index in [4.69, 9.17) is 9.52 Å². The van der Waals surface area contributed by atoms with Gasteiger partial charge in [0.1, 0.15) is 12.2 Å². The summed E-state index contributed by atoms with van der Waals surface area (Å²) < 4.78 is 5.21. The lowest BCUT2D eigenvalue weighted by Gasteiger charge is -2.20. The van der Waals surface area contributed by atoms with Crippen molar-refractivity contribution in [1.82, 2.24) is 5.32 Å². The topological polar surface area (TPSA) is 109 Å². The maximum atomic E-state index is 12.5. The first-order valence-electron chi connectivity index (χ1n) is 9.91. The van der Waals surface area contributed by atoms with Crippen molar-refractivity contribution < 1.29 is 23.9 Å². The molecule has 154 valence electrons. The highest BCUT2D eigenvalue weighted by Gasteiger charge is 2.22. The van der Waals surface area contributed by atoms with Crippen LogP contribution in [0.4, 0.5) is 5.69 Å². The Hall–Kier alpha value is -3.09. The zero-order chi connectivity index (χ0) is 20.8. The van der Waals surface area contributed by atoms with Gasteiger partial charge in [-0.25, -0.2) is 0 Å². The monoisotopic (exact) mass is 398 g/mol. The van der Waals surface area contributed by atoms with E-state index in [9.17, 15) is 14.4 Å². The van der Waals surface area contributed by atoms with Crippen LogP contribution < -0.4 is 10.6 Å². The third-order valence-corrected chi connectivity index (χ3v) is 5.21. The Morgan fingerprint density at radius 1 is 1.17 bits per heavy atom. The average Bonchev–Trinajstić information content (AvgIpc) is 3.06. The number of hydrogen-bond donors (Lipinski definition) is 3. The number of hydrogen-bond acceptors (Lipinski definition) is 4. The Kier molecular flexibility index (Phi) is 6.69. The maximum absolute atomic E-state index is 12.5. The lowest BCUT2D eigenvalue weighted by molar-refractivity contribution is -0.136. The fourth-order valence-corrected chi connectivity index (χ4v) is 3.71. The smallest absolute Gasteiger partial charge is 0.311 e. The number of aryl methyl sites for hydroxylation is 1. The molecule has 7 nitrogen and oxygen atoms in total. The van der Waals surface area contributed by atoms with Gasteiger partial charge in [-0.15, -0.1) is 0 Å². The van der Waals surface area contributed by atoms with Crippen molar-refractivity contribution in [2.24, 2.45) is 5.92 Å². The van der Waals surface area contributed by atoms with E-state index in [0.29, 0.717) is 11.3 Å². The number of aliphatic carboxylic acids is 1. The van der Waals surface area contributed by atoms with Gasteiger partial charge in [-0.1, -0.05) is 31.4 Å². The lowest BCUT2D eigenvalue weighted by Crippen LogP contribution is -2.25. The standard InChI is InChI=1S/C22H26N2O5/c1-14-13-29-18(11-19(25)26)20(14)22(28)23-12-15-6-5-9-17(10-15)24-21(27)16-7-3-2-4-8-16/h5-6,9-10,13,16H,2-4,7-8,11-12H2,1H3,(H,23,28)(H,24,27)(H,25,26). The predicted octanol–water partition coefficient (Wildman–Crippen LogP) is 3.66. The van der Waals surface area contributed by atoms with Gasteiger partial charge in [-0.2, -0.15) is 0 Å². The molecule has 3 N–H and O–H groups in total. The van der Waals surface area contributed by atoms with E-state index in [2.05, 4.69) is 10.6 Å². The first-order valence-corrected chi connectivity index (χ1v) is 9.91. The summed E-state index contributed by atoms with van der Waals surface area (Å²) in [6.07, 6.45) is 6.30. The molecule has 0 atom stereocenters. The summed E-state index contributed by atoms with van der Waals surface area (Å²) >= 11 is 0. The molecule has 0 bridgehead atoms. The van der Waals surface area contributed by atoms with E-state index in [1.807, 2.05) is 24.3 Å². The van der Waals surface area contributed by atoms with Gasteiger partial charge in [0.2, 0.25) is 5.91 Å². The first kappa shape index (κ1) is 20.6. The largest absolute Gasteiger partial charge is 0.481 e. The van der Waals surface area contributed by atoms with Gasteiger partial charge in [0.15, 0.2) is 0 Å². The fourth-order valence-electron chi connectivity index (χ4n) is 3.71. The molecule has 1 aromatic heterocycles. The molecule has 1 saturated carbocycles. The average molecular weight is 398 g/mol. The van der Waals surface area contributed by atoms with Crippen molar-refractivity contribution in [2.45, 2.75) is 52.0 Å². The Bertz CT molecular complexity index is 896. The molecule has 0 radical (unpaired) electrons. The van der Waals surface area contributed by atoms with Crippen molar-refractivity contribution in [3.05, 3.63) is 53.0 Å². The van der Waals surface area contributed by atoms with E-state index >= 15 is 0 Å². The van der Waals surface area contributed by atoms with Crippen LogP contribution in [0, 0.1) is 12.8 Å². The SMILES string of the molecule is Cc1coc(CC(=O)O)c1C(=O)NCc1cccc(NC(=O)C2CCCCC2)c1. The summed E-state index contributed by atoms with van der Waals surface area (Å²) in [5.41, 5.74) is 2.39. The number of carbonyl (C=O) groups excluding carboxylic acids is 2. The number of carbonyl (C=O) groups is 3. The second-order valence-corrected chi connectivity index (χ2v) is 7.49. The minimum atomic E-state index is -1.06. The minimum absolute atomic E-state index is 0.0539. The summed E-state index contributed by atoms with van der Waals surface area (Å²) in [5, 5.41) is 14.7. The summed E-state index contributed by atoms with van der Waals surface area (Å²) in [4.78, 5) is 35.9. The predicted molar refractivity (Wildman–Crippen MR) is 108 cm³/mol. The summed E-state index contributed by atoms with van der Waals surface area (Å²) in [6, 6.07) is 7.35. The number of anilines is 1. The van der Waals surface area contributed by atoms with Gasteiger partial charge in [0, 0.05) is 23.7 Å². The summed E-state index contributed by atoms with van der Waals surface area (Å²) in [7, 11) is 0. The van der Waals surface area contributed by atoms with Gasteiger partial charge in [-0.3, -0.25) is 14.4 Å². The second kappa shape index (κ2) is 9.41. The van der Waals surface area contributed by atoms with Crippen LogP contribution in [0.1, 0.15) is 59.3 Å². The Labute approximate surface area is 169 Å². The van der Waals surface area contributed by atoms with Crippen LogP contribution in [0.25, 0.3) is 0 Å². The highest BCUT2D eigenvalue weighted by molar-refractivity contribution is 5.97. The first-order chi connectivity index (χ1) is 13.9. The maximum Gasteiger partial charge on any atom is 0.311 e. The van der Waals surface area contributed by atoms with Crippen molar-refractivity contribution in [3.8, 4) is 0 Å². The van der Waals surface area contributed by atoms with Crippen molar-refractivity contribution in [2.75, 3.05) is 5.32 Å². The van der Waals surface area contributed by atoms with Crippen LogP contribution in [0.2, 0.25) is 0 Å². The number of rotatable bonds is 7. The Balaban J connectivity index is 1.61. The van der Waals surface area contributed by atoms with E-state index in [-0.39, 0.29) is 42.0 Å². The molecule has 1 heterocycles. The Morgan fingerprint density at radius 2 is 1.93 bits per heavy atom. The van der Waals surface area contributed by atoms with Gasteiger partial charge >= 0.3 is 5.97 Å². The fraction of sp³-hybridized carbons (Fsp3) is 0.409. The van der Waals surface area contributed by atoms with E-state index in [1.54, 1.807) is 6.92 Å². The van der Waals surface area contributed by atoms with Crippen LogP contribution in [0.5, 0.6) is 0 Å². The van der Waals surface area contributed by atoms with Crippen LogP contribution >= 0.6 is 0 Å². The van der Waals surface area contributed by atoms with Gasteiger partial charge in [-0.05, 0) is 37.5 Å². The molecule has 1 fully saturated rings. The molecule has 29 heavy (non-hydrogen) atoms. The molecule has 1 aliphatic rings. The lowest BCUT2D eigenvalue weighted by atomic mass is 9.88. The highest BCUT2D eigenvalue weighted by Crippen LogP contribution is 2.25. The summed E-state index contributed by atoms with van der Waals surface area (Å²) in [6.45, 7) is 1.95. The molecule has 7 heteroatoms. The molecule has 1 aromatic carbocycles. The number of benzene rings is 1. The zero-order valence-corrected chi connectivity index (χ0v) is 16.5. The van der Waals surface area contributed by atoms with Gasteiger partial charge in [0.05, 0.1) is 11.8 Å². The number of carboxylic acid groups (broad SMARTS) is 1. The van der Waals surface area contributed by atoms with Gasteiger partial charge < -0.3 is 20.2 Å². The molecule has 0 unspecified atom stereocenters. The van der Waals surface area contributed by atoms with Crippen LogP contribution in [-0.4, -0.2) is 22.9 Å². The van der Waals surface area contributed by atoms with Gasteiger partial charge in [0.25, 0.3) is 5.91 Å². The number of amides is 2. The second-order valence-electron chi connectivity index (χ2n) is 7.49. The van der Waals surface area contributed by atoms with E-state index in [0.717, 1.165) is 31.2 Å². The molecule has 3 rings (SSSR count). The zero-order valence-electron chi connectivity index (χ0n) is 16.5. The molecular weight excluding hydrogens is 372 g/mol. The molecule has 0 spiro atoms. The van der Waals surface area contributed by atoms with Crippen LogP contribution in [0.3, 0.4) is 0 Å². The normalized spacial score (nSPS) is 14.4. The number of nitrogens with one attached hydrogen (secondary N) is 2. The van der Waals surface area contributed by atoms with E-state index in [1.165, 1.54) is 12.7 Å². The number of carboxylic acids is 1. The third-order valence-electron chi connectivity index (χ3n) is 5.21.